The molecule has 0 saturated carbocycles. The molecule has 0 spiro atoms. The SMILES string of the molecule is Cc1cc(NC(=O)C2CCCN2)ccc1O.Cl. The number of carbonyl (C=O) groups excluding carboxylic acids is 1. The van der Waals surface area contributed by atoms with Crippen LogP contribution in [0.15, 0.2) is 18.2 Å². The second kappa shape index (κ2) is 5.89. The van der Waals surface area contributed by atoms with Crippen molar-refractivity contribution < 1.29 is 9.90 Å². The molecule has 1 unspecified atom stereocenters. The number of carbonyl (C=O) groups is 1. The Labute approximate surface area is 107 Å². The van der Waals surface area contributed by atoms with Crippen LogP contribution in [0.3, 0.4) is 0 Å². The highest BCUT2D eigenvalue weighted by atomic mass is 35.5. The fourth-order valence-electron chi connectivity index (χ4n) is 1.87. The summed E-state index contributed by atoms with van der Waals surface area (Å²) in [5, 5.41) is 15.3. The van der Waals surface area contributed by atoms with E-state index in [1.807, 2.05) is 0 Å². The number of hydrogen-bond donors (Lipinski definition) is 3. The van der Waals surface area contributed by atoms with Crippen LogP contribution in [0, 0.1) is 6.92 Å². The number of rotatable bonds is 2. The molecule has 0 aromatic heterocycles. The lowest BCUT2D eigenvalue weighted by Crippen LogP contribution is -2.35. The number of benzene rings is 1. The third-order valence-corrected chi connectivity index (χ3v) is 2.84. The summed E-state index contributed by atoms with van der Waals surface area (Å²) < 4.78 is 0. The van der Waals surface area contributed by atoms with Gasteiger partial charge in [0.25, 0.3) is 0 Å². The van der Waals surface area contributed by atoms with Gasteiger partial charge < -0.3 is 15.7 Å². The van der Waals surface area contributed by atoms with Crippen LogP contribution < -0.4 is 10.6 Å². The molecule has 0 radical (unpaired) electrons. The molecule has 1 atom stereocenters. The lowest BCUT2D eigenvalue weighted by atomic mass is 10.2. The largest absolute Gasteiger partial charge is 0.508 e. The number of hydrogen-bond acceptors (Lipinski definition) is 3. The lowest BCUT2D eigenvalue weighted by Gasteiger charge is -2.11. The molecule has 5 heteroatoms. The van der Waals surface area contributed by atoms with Gasteiger partial charge in [0.1, 0.15) is 5.75 Å². The van der Waals surface area contributed by atoms with Crippen molar-refractivity contribution in [2.45, 2.75) is 25.8 Å². The van der Waals surface area contributed by atoms with E-state index in [-0.39, 0.29) is 30.1 Å². The minimum Gasteiger partial charge on any atom is -0.508 e. The van der Waals surface area contributed by atoms with Gasteiger partial charge in [0.15, 0.2) is 0 Å². The molecule has 1 amide bonds. The summed E-state index contributed by atoms with van der Waals surface area (Å²) in [6.07, 6.45) is 1.94. The van der Waals surface area contributed by atoms with Gasteiger partial charge in [-0.1, -0.05) is 0 Å². The Morgan fingerprint density at radius 1 is 1.53 bits per heavy atom. The van der Waals surface area contributed by atoms with Crippen LogP contribution in [0.4, 0.5) is 5.69 Å². The van der Waals surface area contributed by atoms with Gasteiger partial charge in [-0.15, -0.1) is 12.4 Å². The maximum absolute atomic E-state index is 11.8. The molecule has 4 nitrogen and oxygen atoms in total. The van der Waals surface area contributed by atoms with Gasteiger partial charge >= 0.3 is 0 Å². The van der Waals surface area contributed by atoms with Crippen molar-refractivity contribution in [1.82, 2.24) is 5.32 Å². The Hall–Kier alpha value is -1.26. The maximum atomic E-state index is 11.8. The Balaban J connectivity index is 0.00000144. The zero-order valence-electron chi connectivity index (χ0n) is 9.69. The van der Waals surface area contributed by atoms with Crippen LogP contribution in [0.1, 0.15) is 18.4 Å². The van der Waals surface area contributed by atoms with Crippen molar-refractivity contribution in [2.75, 3.05) is 11.9 Å². The normalized spacial score (nSPS) is 18.5. The quantitative estimate of drug-likeness (QED) is 0.708. The first-order chi connectivity index (χ1) is 7.66. The Morgan fingerprint density at radius 3 is 2.88 bits per heavy atom. The molecule has 0 bridgehead atoms. The zero-order valence-corrected chi connectivity index (χ0v) is 10.5. The highest BCUT2D eigenvalue weighted by Gasteiger charge is 2.21. The van der Waals surface area contributed by atoms with Crippen LogP contribution in [0.2, 0.25) is 0 Å². The highest BCUT2D eigenvalue weighted by molar-refractivity contribution is 5.95. The minimum atomic E-state index is -0.0749. The van der Waals surface area contributed by atoms with Crippen molar-refractivity contribution in [3.8, 4) is 5.75 Å². The fourth-order valence-corrected chi connectivity index (χ4v) is 1.87. The standard InChI is InChI=1S/C12H16N2O2.ClH/c1-8-7-9(4-5-11(8)15)14-12(16)10-3-2-6-13-10;/h4-5,7,10,13,15H,2-3,6H2,1H3,(H,14,16);1H. The van der Waals surface area contributed by atoms with Crippen LogP contribution in [-0.4, -0.2) is 23.6 Å². The summed E-state index contributed by atoms with van der Waals surface area (Å²) in [6.45, 7) is 2.71. The van der Waals surface area contributed by atoms with Gasteiger partial charge in [-0.05, 0) is 50.1 Å². The van der Waals surface area contributed by atoms with Crippen LogP contribution in [0.5, 0.6) is 5.75 Å². The van der Waals surface area contributed by atoms with Crippen molar-refractivity contribution in [2.24, 2.45) is 0 Å². The van der Waals surface area contributed by atoms with E-state index < -0.39 is 0 Å². The predicted octanol–water partition coefficient (Wildman–Crippen LogP) is 1.81. The molecule has 1 fully saturated rings. The van der Waals surface area contributed by atoms with Crippen LogP contribution >= 0.6 is 12.4 Å². The van der Waals surface area contributed by atoms with E-state index >= 15 is 0 Å². The van der Waals surface area contributed by atoms with Gasteiger partial charge in [0, 0.05) is 5.69 Å². The number of anilines is 1. The molecule has 2 rings (SSSR count). The van der Waals surface area contributed by atoms with Crippen molar-refractivity contribution in [3.05, 3.63) is 23.8 Å². The summed E-state index contributed by atoms with van der Waals surface area (Å²) in [7, 11) is 0. The Bertz CT molecular complexity index is 403. The summed E-state index contributed by atoms with van der Waals surface area (Å²) in [6, 6.07) is 4.99. The molecule has 1 aliphatic rings. The monoisotopic (exact) mass is 256 g/mol. The predicted molar refractivity (Wildman–Crippen MR) is 69.7 cm³/mol. The molecule has 94 valence electrons. The molecular weight excluding hydrogens is 240 g/mol. The molecule has 1 aromatic rings. The average molecular weight is 257 g/mol. The van der Waals surface area contributed by atoms with E-state index in [9.17, 15) is 9.90 Å². The molecular formula is C12H17ClN2O2. The van der Waals surface area contributed by atoms with E-state index in [0.29, 0.717) is 0 Å². The van der Waals surface area contributed by atoms with E-state index in [1.165, 1.54) is 0 Å². The van der Waals surface area contributed by atoms with Gasteiger partial charge in [-0.3, -0.25) is 4.79 Å². The fraction of sp³-hybridized carbons (Fsp3) is 0.417. The number of amides is 1. The van der Waals surface area contributed by atoms with Crippen molar-refractivity contribution in [1.29, 1.82) is 0 Å². The van der Waals surface area contributed by atoms with Gasteiger partial charge in [0.2, 0.25) is 5.91 Å². The summed E-state index contributed by atoms with van der Waals surface area (Å²) in [5.41, 5.74) is 1.49. The molecule has 1 aliphatic heterocycles. The topological polar surface area (TPSA) is 61.4 Å². The minimum absolute atomic E-state index is 0. The van der Waals surface area contributed by atoms with Gasteiger partial charge in [0.05, 0.1) is 6.04 Å². The average Bonchev–Trinajstić information content (AvgIpc) is 2.77. The second-order valence-corrected chi connectivity index (χ2v) is 4.14. The number of aromatic hydroxyl groups is 1. The molecule has 1 heterocycles. The van der Waals surface area contributed by atoms with E-state index in [2.05, 4.69) is 10.6 Å². The van der Waals surface area contributed by atoms with Crippen molar-refractivity contribution in [3.63, 3.8) is 0 Å². The van der Waals surface area contributed by atoms with E-state index in [1.54, 1.807) is 25.1 Å². The first kappa shape index (κ1) is 13.8. The molecule has 17 heavy (non-hydrogen) atoms. The van der Waals surface area contributed by atoms with Crippen LogP contribution in [0.25, 0.3) is 0 Å². The Kier molecular flexibility index (Phi) is 4.78. The van der Waals surface area contributed by atoms with Gasteiger partial charge in [-0.2, -0.15) is 0 Å². The Morgan fingerprint density at radius 2 is 2.29 bits per heavy atom. The summed E-state index contributed by atoms with van der Waals surface area (Å²) in [4.78, 5) is 11.8. The number of phenolic OH excluding ortho intramolecular Hbond substituents is 1. The van der Waals surface area contributed by atoms with Gasteiger partial charge in [-0.25, -0.2) is 0 Å². The molecule has 3 N–H and O–H groups in total. The highest BCUT2D eigenvalue weighted by Crippen LogP contribution is 2.20. The lowest BCUT2D eigenvalue weighted by molar-refractivity contribution is -0.117. The summed E-state index contributed by atoms with van der Waals surface area (Å²) in [5.74, 6) is 0.250. The molecule has 0 aliphatic carbocycles. The molecule has 1 aromatic carbocycles. The number of halogens is 1. The maximum Gasteiger partial charge on any atom is 0.241 e. The van der Waals surface area contributed by atoms with Crippen LogP contribution in [-0.2, 0) is 4.79 Å². The second-order valence-electron chi connectivity index (χ2n) is 4.14. The zero-order chi connectivity index (χ0) is 11.5. The third-order valence-electron chi connectivity index (χ3n) is 2.84. The van der Waals surface area contributed by atoms with E-state index in [0.717, 1.165) is 30.6 Å². The summed E-state index contributed by atoms with van der Waals surface area (Å²) >= 11 is 0. The number of nitrogens with one attached hydrogen (secondary N) is 2. The smallest absolute Gasteiger partial charge is 0.241 e. The van der Waals surface area contributed by atoms with E-state index in [4.69, 9.17) is 0 Å². The van der Waals surface area contributed by atoms with Crippen molar-refractivity contribution >= 4 is 24.0 Å². The number of phenols is 1. The third kappa shape index (κ3) is 3.35. The first-order valence-electron chi connectivity index (χ1n) is 5.50. The molecule has 1 saturated heterocycles. The first-order valence-corrected chi connectivity index (χ1v) is 5.50. The number of aryl methyl sites for hydroxylation is 1.